The predicted octanol–water partition coefficient (Wildman–Crippen LogP) is 3.86. The van der Waals surface area contributed by atoms with E-state index in [1.807, 2.05) is 17.5 Å². The van der Waals surface area contributed by atoms with Crippen LogP contribution in [-0.4, -0.2) is 34.7 Å². The molecule has 1 unspecified atom stereocenters. The van der Waals surface area contributed by atoms with Gasteiger partial charge in [-0.05, 0) is 36.4 Å². The Morgan fingerprint density at radius 1 is 1.00 bits per heavy atom. The highest BCUT2D eigenvalue weighted by atomic mass is 32.1. The van der Waals surface area contributed by atoms with E-state index in [1.54, 1.807) is 35.2 Å². The molecule has 2 aromatic rings. The Bertz CT molecular complexity index is 828. The smallest absolute Gasteiger partial charge is 0.264 e. The van der Waals surface area contributed by atoms with Crippen LogP contribution in [-0.2, 0) is 9.59 Å². The lowest BCUT2D eigenvalue weighted by Gasteiger charge is -2.37. The fraction of sp³-hybridized carbons (Fsp3) is 0.381. The molecule has 2 heterocycles. The van der Waals surface area contributed by atoms with Gasteiger partial charge in [-0.2, -0.15) is 0 Å². The molecule has 1 aromatic heterocycles. The van der Waals surface area contributed by atoms with Gasteiger partial charge < -0.3 is 4.90 Å². The fourth-order valence-corrected chi connectivity index (χ4v) is 4.80. The molecule has 0 N–H and O–H groups in total. The molecule has 0 bridgehead atoms. The van der Waals surface area contributed by atoms with E-state index in [1.165, 1.54) is 16.2 Å². The third-order valence-electron chi connectivity index (χ3n) is 5.41. The molecular formula is C21H22N2O3S. The first-order valence-electron chi connectivity index (χ1n) is 9.45. The number of hydrogen-bond donors (Lipinski definition) is 0. The van der Waals surface area contributed by atoms with E-state index in [9.17, 15) is 14.4 Å². The average molecular weight is 382 g/mol. The summed E-state index contributed by atoms with van der Waals surface area (Å²) in [5, 5.41) is 1.87. The van der Waals surface area contributed by atoms with Crippen LogP contribution in [0, 0.1) is 0 Å². The Morgan fingerprint density at radius 3 is 2.41 bits per heavy atom. The highest BCUT2D eigenvalue weighted by molar-refractivity contribution is 7.12. The maximum atomic E-state index is 13.2. The quantitative estimate of drug-likeness (QED) is 0.755. The van der Waals surface area contributed by atoms with Gasteiger partial charge in [-0.15, -0.1) is 11.3 Å². The van der Waals surface area contributed by atoms with E-state index in [0.29, 0.717) is 10.6 Å². The molecule has 2 fully saturated rings. The second-order valence-corrected chi connectivity index (χ2v) is 8.05. The van der Waals surface area contributed by atoms with E-state index >= 15 is 0 Å². The molecule has 1 saturated heterocycles. The van der Waals surface area contributed by atoms with Crippen molar-refractivity contribution >= 4 is 34.7 Å². The molecule has 5 nitrogen and oxygen atoms in total. The predicted molar refractivity (Wildman–Crippen MR) is 105 cm³/mol. The first-order valence-corrected chi connectivity index (χ1v) is 10.3. The SMILES string of the molecule is O=C1CC(N(C(=O)c2cccs2)C2CCCCC2)C(=O)N1c1ccccc1. The number of carbonyl (C=O) groups excluding carboxylic acids is 3. The number of anilines is 1. The van der Waals surface area contributed by atoms with Crippen LogP contribution in [0.3, 0.4) is 0 Å². The summed E-state index contributed by atoms with van der Waals surface area (Å²) in [6.07, 6.45) is 5.10. The minimum absolute atomic E-state index is 0.0193. The standard InChI is InChI=1S/C21H22N2O3S/c24-19-14-17(20(25)23(19)16-10-5-2-6-11-16)22(15-8-3-1-4-9-15)21(26)18-12-7-13-27-18/h2,5-7,10-13,15,17H,1,3-4,8-9,14H2. The summed E-state index contributed by atoms with van der Waals surface area (Å²) in [7, 11) is 0. The summed E-state index contributed by atoms with van der Waals surface area (Å²) >= 11 is 1.38. The van der Waals surface area contributed by atoms with Crippen molar-refractivity contribution in [3.63, 3.8) is 0 Å². The van der Waals surface area contributed by atoms with E-state index in [2.05, 4.69) is 0 Å². The van der Waals surface area contributed by atoms with Gasteiger partial charge >= 0.3 is 0 Å². The van der Waals surface area contributed by atoms with Crippen molar-refractivity contribution < 1.29 is 14.4 Å². The second kappa shape index (κ2) is 7.64. The third-order valence-corrected chi connectivity index (χ3v) is 6.27. The Kier molecular flexibility index (Phi) is 5.07. The number of benzene rings is 1. The van der Waals surface area contributed by atoms with E-state index < -0.39 is 6.04 Å². The Labute approximate surface area is 162 Å². The molecule has 1 atom stereocenters. The lowest BCUT2D eigenvalue weighted by Crippen LogP contribution is -2.51. The van der Waals surface area contributed by atoms with Crippen molar-refractivity contribution in [2.24, 2.45) is 0 Å². The molecule has 1 aliphatic carbocycles. The van der Waals surface area contributed by atoms with E-state index in [0.717, 1.165) is 32.1 Å². The topological polar surface area (TPSA) is 57.7 Å². The van der Waals surface area contributed by atoms with Gasteiger partial charge in [0.25, 0.3) is 11.8 Å². The zero-order chi connectivity index (χ0) is 18.8. The normalized spacial score (nSPS) is 20.9. The van der Waals surface area contributed by atoms with Crippen LogP contribution in [0.25, 0.3) is 0 Å². The summed E-state index contributed by atoms with van der Waals surface area (Å²) in [4.78, 5) is 42.7. The zero-order valence-corrected chi connectivity index (χ0v) is 15.9. The van der Waals surface area contributed by atoms with Gasteiger partial charge in [0.1, 0.15) is 6.04 Å². The molecule has 0 radical (unpaired) electrons. The van der Waals surface area contributed by atoms with Crippen LogP contribution < -0.4 is 4.90 Å². The molecule has 1 aromatic carbocycles. The van der Waals surface area contributed by atoms with Gasteiger partial charge in [-0.3, -0.25) is 14.4 Å². The minimum Gasteiger partial charge on any atom is -0.322 e. The van der Waals surface area contributed by atoms with Crippen LogP contribution in [0.2, 0.25) is 0 Å². The number of amides is 3. The number of imide groups is 1. The number of para-hydroxylation sites is 1. The van der Waals surface area contributed by atoms with Crippen LogP contribution >= 0.6 is 11.3 Å². The summed E-state index contributed by atoms with van der Waals surface area (Å²) in [5.74, 6) is -0.657. The number of carbonyl (C=O) groups is 3. The molecule has 0 spiro atoms. The minimum atomic E-state index is -0.713. The van der Waals surface area contributed by atoms with Gasteiger partial charge in [0.2, 0.25) is 5.91 Å². The van der Waals surface area contributed by atoms with E-state index in [-0.39, 0.29) is 30.2 Å². The summed E-state index contributed by atoms with van der Waals surface area (Å²) in [5.41, 5.74) is 0.571. The summed E-state index contributed by atoms with van der Waals surface area (Å²) in [6, 6.07) is 11.9. The molecule has 1 saturated carbocycles. The van der Waals surface area contributed by atoms with Crippen molar-refractivity contribution in [3.05, 3.63) is 52.7 Å². The second-order valence-electron chi connectivity index (χ2n) is 7.10. The van der Waals surface area contributed by atoms with E-state index in [4.69, 9.17) is 0 Å². The Hall–Kier alpha value is -2.47. The number of thiophene rings is 1. The number of rotatable bonds is 4. The fourth-order valence-electron chi connectivity index (χ4n) is 4.13. The maximum absolute atomic E-state index is 13.2. The van der Waals surface area contributed by atoms with Crippen LogP contribution in [0.15, 0.2) is 47.8 Å². The van der Waals surface area contributed by atoms with Gasteiger partial charge in [-0.1, -0.05) is 43.5 Å². The summed E-state index contributed by atoms with van der Waals surface area (Å²) < 4.78 is 0. The maximum Gasteiger partial charge on any atom is 0.264 e. The van der Waals surface area contributed by atoms with Crippen molar-refractivity contribution in [3.8, 4) is 0 Å². The number of hydrogen-bond acceptors (Lipinski definition) is 4. The first-order chi connectivity index (χ1) is 13.2. The average Bonchev–Trinajstić information content (AvgIpc) is 3.32. The molecule has 1 aliphatic heterocycles. The highest BCUT2D eigenvalue weighted by Gasteiger charge is 2.46. The van der Waals surface area contributed by atoms with Crippen LogP contribution in [0.1, 0.15) is 48.2 Å². The van der Waals surface area contributed by atoms with Crippen molar-refractivity contribution in [1.29, 1.82) is 0 Å². The molecule has 27 heavy (non-hydrogen) atoms. The lowest BCUT2D eigenvalue weighted by molar-refractivity contribution is -0.123. The first kappa shape index (κ1) is 17.9. The molecule has 6 heteroatoms. The Balaban J connectivity index is 1.66. The van der Waals surface area contributed by atoms with Crippen molar-refractivity contribution in [1.82, 2.24) is 4.90 Å². The van der Waals surface area contributed by atoms with Crippen molar-refractivity contribution in [2.75, 3.05) is 4.90 Å². The molecule has 2 aliphatic rings. The molecule has 4 rings (SSSR count). The van der Waals surface area contributed by atoms with Crippen LogP contribution in [0.4, 0.5) is 5.69 Å². The molecule has 3 amide bonds. The Morgan fingerprint density at radius 2 is 1.74 bits per heavy atom. The zero-order valence-electron chi connectivity index (χ0n) is 15.0. The van der Waals surface area contributed by atoms with Gasteiger partial charge in [0.15, 0.2) is 0 Å². The third kappa shape index (κ3) is 3.41. The highest BCUT2D eigenvalue weighted by Crippen LogP contribution is 2.32. The largest absolute Gasteiger partial charge is 0.322 e. The lowest BCUT2D eigenvalue weighted by atomic mass is 9.92. The van der Waals surface area contributed by atoms with Gasteiger partial charge in [-0.25, -0.2) is 4.90 Å². The van der Waals surface area contributed by atoms with Crippen LogP contribution in [0.5, 0.6) is 0 Å². The number of nitrogens with zero attached hydrogens (tertiary/aromatic N) is 2. The summed E-state index contributed by atoms with van der Waals surface area (Å²) in [6.45, 7) is 0. The van der Waals surface area contributed by atoms with Gasteiger partial charge in [0.05, 0.1) is 17.0 Å². The molecule has 140 valence electrons. The van der Waals surface area contributed by atoms with Crippen molar-refractivity contribution in [2.45, 2.75) is 50.6 Å². The van der Waals surface area contributed by atoms with Gasteiger partial charge in [0, 0.05) is 6.04 Å². The monoisotopic (exact) mass is 382 g/mol. The molecular weight excluding hydrogens is 360 g/mol.